The van der Waals surface area contributed by atoms with Gasteiger partial charge in [-0.3, -0.25) is 0 Å². The first-order valence-electron chi connectivity index (χ1n) is 5.61. The van der Waals surface area contributed by atoms with Crippen molar-refractivity contribution < 1.29 is 32.2 Å². The van der Waals surface area contributed by atoms with E-state index in [-0.39, 0.29) is 11.7 Å². The van der Waals surface area contributed by atoms with Crippen LogP contribution in [0.2, 0.25) is 0 Å². The average Bonchev–Trinajstić information content (AvgIpc) is 2.33. The minimum atomic E-state index is -5.08. The number of carbonyl (C=O) groups is 1. The third-order valence-corrected chi connectivity index (χ3v) is 2.35. The van der Waals surface area contributed by atoms with Crippen LogP contribution in [0, 0.1) is 17.1 Å². The van der Waals surface area contributed by atoms with Gasteiger partial charge in [0.05, 0.1) is 5.56 Å². The van der Waals surface area contributed by atoms with Crippen LogP contribution >= 0.6 is 0 Å². The Morgan fingerprint density at radius 3 is 2.33 bits per heavy atom. The fraction of sp³-hybridized carbons (Fsp3) is 0.333. The smallest absolute Gasteiger partial charge is 0.488 e. The number of carboxylic acids is 1. The zero-order chi connectivity index (χ0) is 16.0. The van der Waals surface area contributed by atoms with Crippen LogP contribution in [0.15, 0.2) is 18.2 Å². The van der Waals surface area contributed by atoms with Crippen molar-refractivity contribution in [3.05, 3.63) is 29.6 Å². The number of nitrogens with one attached hydrogen (secondary N) is 1. The SMILES string of the molecule is N#Cc1ccc(OC2CNC2)cc1F.O=C(O)C(F)(F)F. The molecule has 0 bridgehead atoms. The number of hydrogen-bond donors (Lipinski definition) is 2. The van der Waals surface area contributed by atoms with E-state index in [2.05, 4.69) is 5.32 Å². The van der Waals surface area contributed by atoms with Gasteiger partial charge in [-0.25, -0.2) is 9.18 Å². The van der Waals surface area contributed by atoms with Crippen LogP contribution in [0.3, 0.4) is 0 Å². The highest BCUT2D eigenvalue weighted by atomic mass is 19.4. The van der Waals surface area contributed by atoms with Crippen LogP contribution in [-0.4, -0.2) is 36.4 Å². The lowest BCUT2D eigenvalue weighted by atomic mass is 10.2. The van der Waals surface area contributed by atoms with Gasteiger partial charge >= 0.3 is 12.1 Å². The van der Waals surface area contributed by atoms with Gasteiger partial charge in [0.25, 0.3) is 0 Å². The standard InChI is InChI=1S/C10H9FN2O.C2HF3O2/c11-10-3-8(2-1-7(10)4-12)14-9-5-13-6-9;3-2(4,5)1(6)7/h1-3,9,13H,5-6H2;(H,6,7). The van der Waals surface area contributed by atoms with Crippen LogP contribution in [-0.2, 0) is 4.79 Å². The van der Waals surface area contributed by atoms with Gasteiger partial charge in [-0.2, -0.15) is 18.4 Å². The number of rotatable bonds is 2. The molecular formula is C12H10F4N2O3. The van der Waals surface area contributed by atoms with Gasteiger partial charge in [0, 0.05) is 19.2 Å². The van der Waals surface area contributed by atoms with Crippen LogP contribution in [0.5, 0.6) is 5.75 Å². The van der Waals surface area contributed by atoms with Crippen molar-refractivity contribution in [3.63, 3.8) is 0 Å². The van der Waals surface area contributed by atoms with Crippen molar-refractivity contribution in [1.82, 2.24) is 5.32 Å². The summed E-state index contributed by atoms with van der Waals surface area (Å²) in [5.74, 6) is -2.81. The largest absolute Gasteiger partial charge is 0.490 e. The van der Waals surface area contributed by atoms with E-state index >= 15 is 0 Å². The van der Waals surface area contributed by atoms with E-state index in [4.69, 9.17) is 19.9 Å². The molecule has 0 aromatic heterocycles. The summed E-state index contributed by atoms with van der Waals surface area (Å²) in [6, 6.07) is 6.05. The Balaban J connectivity index is 0.000000270. The quantitative estimate of drug-likeness (QED) is 0.812. The van der Waals surface area contributed by atoms with Crippen molar-refractivity contribution in [2.45, 2.75) is 12.3 Å². The summed E-state index contributed by atoms with van der Waals surface area (Å²) in [6.07, 6.45) is -4.96. The summed E-state index contributed by atoms with van der Waals surface area (Å²) in [4.78, 5) is 8.90. The maximum Gasteiger partial charge on any atom is 0.490 e. The number of nitrogens with zero attached hydrogens (tertiary/aromatic N) is 1. The summed E-state index contributed by atoms with van der Waals surface area (Å²) >= 11 is 0. The van der Waals surface area contributed by atoms with Crippen molar-refractivity contribution in [3.8, 4) is 11.8 Å². The van der Waals surface area contributed by atoms with Gasteiger partial charge in [0.1, 0.15) is 23.7 Å². The number of benzene rings is 1. The molecule has 0 radical (unpaired) electrons. The highest BCUT2D eigenvalue weighted by molar-refractivity contribution is 5.73. The molecule has 0 amide bonds. The van der Waals surface area contributed by atoms with E-state index in [9.17, 15) is 17.6 Å². The fourth-order valence-electron chi connectivity index (χ4n) is 1.20. The average molecular weight is 306 g/mol. The highest BCUT2D eigenvalue weighted by Crippen LogP contribution is 2.18. The molecule has 0 spiro atoms. The number of carboxylic acid groups (broad SMARTS) is 1. The van der Waals surface area contributed by atoms with Gasteiger partial charge in [0.2, 0.25) is 0 Å². The first-order chi connectivity index (χ1) is 9.74. The zero-order valence-corrected chi connectivity index (χ0v) is 10.4. The Labute approximate surface area is 116 Å². The molecule has 0 aliphatic carbocycles. The molecule has 1 fully saturated rings. The van der Waals surface area contributed by atoms with Crippen molar-refractivity contribution in [1.29, 1.82) is 5.26 Å². The number of halogens is 4. The van der Waals surface area contributed by atoms with Gasteiger partial charge in [-0.1, -0.05) is 0 Å². The van der Waals surface area contributed by atoms with E-state index in [1.807, 2.05) is 0 Å². The Hall–Kier alpha value is -2.34. The summed E-state index contributed by atoms with van der Waals surface area (Å²) in [5.41, 5.74) is 0.0454. The lowest BCUT2D eigenvalue weighted by Crippen LogP contribution is -2.50. The van der Waals surface area contributed by atoms with E-state index in [1.54, 1.807) is 12.1 Å². The molecule has 9 heteroatoms. The Kier molecular flexibility index (Phi) is 5.49. The van der Waals surface area contributed by atoms with Gasteiger partial charge in [-0.05, 0) is 12.1 Å². The van der Waals surface area contributed by atoms with Crippen LogP contribution in [0.25, 0.3) is 0 Å². The second-order valence-electron chi connectivity index (χ2n) is 3.95. The molecule has 1 aromatic rings. The Bertz CT molecular complexity index is 550. The maximum absolute atomic E-state index is 13.1. The summed E-state index contributed by atoms with van der Waals surface area (Å²) in [7, 11) is 0. The second kappa shape index (κ2) is 6.90. The monoisotopic (exact) mass is 306 g/mol. The third-order valence-electron chi connectivity index (χ3n) is 2.35. The molecule has 2 rings (SSSR count). The zero-order valence-electron chi connectivity index (χ0n) is 10.4. The third kappa shape index (κ3) is 5.27. The Morgan fingerprint density at radius 1 is 1.43 bits per heavy atom. The van der Waals surface area contributed by atoms with Crippen LogP contribution in [0.4, 0.5) is 17.6 Å². The molecule has 0 saturated carbocycles. The predicted molar refractivity (Wildman–Crippen MR) is 62.1 cm³/mol. The molecule has 1 aromatic carbocycles. The van der Waals surface area contributed by atoms with Crippen LogP contribution in [0.1, 0.15) is 5.56 Å². The predicted octanol–water partition coefficient (Wildman–Crippen LogP) is 1.68. The molecule has 2 N–H and O–H groups in total. The van der Waals surface area contributed by atoms with Gasteiger partial charge < -0.3 is 15.2 Å². The molecule has 1 heterocycles. The molecule has 1 aliphatic rings. The van der Waals surface area contributed by atoms with E-state index in [0.717, 1.165) is 13.1 Å². The molecule has 1 aliphatic heterocycles. The molecule has 0 atom stereocenters. The van der Waals surface area contributed by atoms with Gasteiger partial charge in [0.15, 0.2) is 0 Å². The number of nitriles is 1. The number of hydrogen-bond acceptors (Lipinski definition) is 4. The fourth-order valence-corrected chi connectivity index (χ4v) is 1.20. The summed E-state index contributed by atoms with van der Waals surface area (Å²) in [6.45, 7) is 1.59. The molecule has 114 valence electrons. The van der Waals surface area contributed by atoms with Crippen molar-refractivity contribution in [2.75, 3.05) is 13.1 Å². The molecule has 21 heavy (non-hydrogen) atoms. The highest BCUT2D eigenvalue weighted by Gasteiger charge is 2.38. The first kappa shape index (κ1) is 16.7. The molecule has 1 saturated heterocycles. The van der Waals surface area contributed by atoms with Crippen molar-refractivity contribution in [2.24, 2.45) is 0 Å². The molecule has 0 unspecified atom stereocenters. The lowest BCUT2D eigenvalue weighted by Gasteiger charge is -2.27. The van der Waals surface area contributed by atoms with Crippen LogP contribution < -0.4 is 10.1 Å². The number of aliphatic carboxylic acids is 1. The molecule has 5 nitrogen and oxygen atoms in total. The minimum absolute atomic E-state index is 0.0454. The number of alkyl halides is 3. The number of ether oxygens (including phenoxy) is 1. The molecular weight excluding hydrogens is 296 g/mol. The first-order valence-corrected chi connectivity index (χ1v) is 5.61. The normalized spacial score (nSPS) is 14.2. The van der Waals surface area contributed by atoms with Gasteiger partial charge in [-0.15, -0.1) is 0 Å². The van der Waals surface area contributed by atoms with Crippen molar-refractivity contribution >= 4 is 5.97 Å². The topological polar surface area (TPSA) is 82.3 Å². The minimum Gasteiger partial charge on any atom is -0.488 e. The Morgan fingerprint density at radius 2 is 2.00 bits per heavy atom. The van der Waals surface area contributed by atoms with E-state index in [0.29, 0.717) is 5.75 Å². The summed E-state index contributed by atoms with van der Waals surface area (Å²) < 4.78 is 50.3. The van der Waals surface area contributed by atoms with E-state index < -0.39 is 18.0 Å². The second-order valence-corrected chi connectivity index (χ2v) is 3.95. The summed E-state index contributed by atoms with van der Waals surface area (Å²) in [5, 5.41) is 18.7. The maximum atomic E-state index is 13.1. The lowest BCUT2D eigenvalue weighted by molar-refractivity contribution is -0.192. The van der Waals surface area contributed by atoms with E-state index in [1.165, 1.54) is 12.1 Å².